The number of benzene rings is 1. The van der Waals surface area contributed by atoms with Gasteiger partial charge in [-0.2, -0.15) is 4.68 Å². The second-order valence-electron chi connectivity index (χ2n) is 6.78. The first-order valence-electron chi connectivity index (χ1n) is 9.47. The van der Waals surface area contributed by atoms with Crippen LogP contribution >= 0.6 is 23.1 Å². The first-order chi connectivity index (χ1) is 13.7. The van der Waals surface area contributed by atoms with Crippen molar-refractivity contribution in [1.82, 2.24) is 25.2 Å². The van der Waals surface area contributed by atoms with Gasteiger partial charge in [-0.25, -0.2) is 4.98 Å². The van der Waals surface area contributed by atoms with Crippen LogP contribution in [0, 0.1) is 0 Å². The van der Waals surface area contributed by atoms with E-state index in [1.165, 1.54) is 29.5 Å². The quantitative estimate of drug-likeness (QED) is 0.568. The van der Waals surface area contributed by atoms with E-state index >= 15 is 0 Å². The normalized spacial score (nSPS) is 16.0. The Morgan fingerprint density at radius 3 is 2.75 bits per heavy atom. The van der Waals surface area contributed by atoms with Gasteiger partial charge < -0.3 is 0 Å². The minimum Gasteiger partial charge on any atom is -0.284 e. The van der Waals surface area contributed by atoms with E-state index < -0.39 is 0 Å². The lowest BCUT2D eigenvalue weighted by atomic mass is 9.94. The molecule has 28 heavy (non-hydrogen) atoms. The monoisotopic (exact) mass is 414 g/mol. The van der Waals surface area contributed by atoms with Crippen molar-refractivity contribution in [3.05, 3.63) is 41.9 Å². The molecule has 4 rings (SSSR count). The van der Waals surface area contributed by atoms with Crippen LogP contribution in [0.25, 0.3) is 5.69 Å². The molecule has 1 aliphatic rings. The van der Waals surface area contributed by atoms with Crippen LogP contribution in [0.2, 0.25) is 0 Å². The molecule has 0 saturated heterocycles. The van der Waals surface area contributed by atoms with Gasteiger partial charge in [0.1, 0.15) is 0 Å². The van der Waals surface area contributed by atoms with E-state index in [0.717, 1.165) is 36.5 Å². The van der Waals surface area contributed by atoms with Gasteiger partial charge in [-0.1, -0.05) is 49.2 Å². The van der Waals surface area contributed by atoms with Crippen molar-refractivity contribution in [1.29, 1.82) is 0 Å². The summed E-state index contributed by atoms with van der Waals surface area (Å²) in [7, 11) is 0. The average Bonchev–Trinajstić information content (AvgIpc) is 3.42. The summed E-state index contributed by atoms with van der Waals surface area (Å²) in [6.07, 6.45) is 7.39. The summed E-state index contributed by atoms with van der Waals surface area (Å²) in [4.78, 5) is 19.7. The minimum absolute atomic E-state index is 0.0643. The van der Waals surface area contributed by atoms with Crippen molar-refractivity contribution in [3.8, 4) is 5.69 Å². The fourth-order valence-electron chi connectivity index (χ4n) is 3.49. The van der Waals surface area contributed by atoms with Crippen molar-refractivity contribution < 1.29 is 4.79 Å². The number of para-hydroxylation sites is 1. The zero-order chi connectivity index (χ0) is 19.3. The number of thioether (sulfide) groups is 1. The van der Waals surface area contributed by atoms with E-state index in [9.17, 15) is 4.79 Å². The second kappa shape index (κ2) is 8.83. The molecule has 0 unspecified atom stereocenters. The van der Waals surface area contributed by atoms with Crippen molar-refractivity contribution >= 4 is 34.1 Å². The van der Waals surface area contributed by atoms with E-state index in [0.29, 0.717) is 5.16 Å². The second-order valence-corrected chi connectivity index (χ2v) is 8.96. The molecule has 1 saturated carbocycles. The summed E-state index contributed by atoms with van der Waals surface area (Å²) in [5.41, 5.74) is 0.874. The predicted octanol–water partition coefficient (Wildman–Crippen LogP) is 3.97. The molecule has 9 heteroatoms. The molecule has 0 spiro atoms. The first-order valence-corrected chi connectivity index (χ1v) is 11.2. The van der Waals surface area contributed by atoms with Gasteiger partial charge in [-0.15, -0.1) is 16.4 Å². The number of carbonyl (C=O) groups excluding carboxylic acids is 1. The molecule has 2 heterocycles. The molecule has 0 bridgehead atoms. The van der Waals surface area contributed by atoms with E-state index in [4.69, 9.17) is 0 Å². The van der Waals surface area contributed by atoms with Gasteiger partial charge in [0.2, 0.25) is 11.1 Å². The fourth-order valence-corrected chi connectivity index (χ4v) is 5.07. The van der Waals surface area contributed by atoms with Crippen LogP contribution in [-0.2, 0) is 4.79 Å². The van der Waals surface area contributed by atoms with E-state index in [-0.39, 0.29) is 17.2 Å². The fraction of sp³-hybridized carbons (Fsp3) is 0.421. The SMILES string of the molecule is C[C@@H](Sc1nnnn1-c1ccccc1)C(=O)N(c1nccs1)C1CCCCC1. The maximum atomic E-state index is 13.4. The highest BCUT2D eigenvalue weighted by molar-refractivity contribution is 8.00. The Balaban J connectivity index is 1.54. The number of nitrogens with zero attached hydrogens (tertiary/aromatic N) is 6. The Bertz CT molecular complexity index is 892. The Morgan fingerprint density at radius 1 is 1.25 bits per heavy atom. The number of rotatable bonds is 6. The predicted molar refractivity (Wildman–Crippen MR) is 111 cm³/mol. The van der Waals surface area contributed by atoms with Crippen LogP contribution in [0.1, 0.15) is 39.0 Å². The van der Waals surface area contributed by atoms with Crippen LogP contribution in [0.5, 0.6) is 0 Å². The van der Waals surface area contributed by atoms with Gasteiger partial charge in [0.05, 0.1) is 10.9 Å². The summed E-state index contributed by atoms with van der Waals surface area (Å²) in [6.45, 7) is 1.92. The van der Waals surface area contributed by atoms with E-state index in [1.807, 2.05) is 47.5 Å². The zero-order valence-electron chi connectivity index (χ0n) is 15.6. The molecule has 1 amide bonds. The van der Waals surface area contributed by atoms with Gasteiger partial charge in [0, 0.05) is 17.6 Å². The molecule has 146 valence electrons. The van der Waals surface area contributed by atoms with Crippen molar-refractivity contribution in [2.45, 2.75) is 55.5 Å². The van der Waals surface area contributed by atoms with Crippen LogP contribution < -0.4 is 4.90 Å². The number of carbonyl (C=O) groups is 1. The minimum atomic E-state index is -0.320. The Kier molecular flexibility index (Phi) is 6.01. The number of tetrazole rings is 1. The third kappa shape index (κ3) is 4.10. The summed E-state index contributed by atoms with van der Waals surface area (Å²) < 4.78 is 1.67. The van der Waals surface area contributed by atoms with E-state index in [1.54, 1.807) is 10.9 Å². The van der Waals surface area contributed by atoms with Crippen LogP contribution in [0.15, 0.2) is 47.1 Å². The number of thiazole rings is 1. The van der Waals surface area contributed by atoms with Crippen molar-refractivity contribution in [2.75, 3.05) is 4.90 Å². The van der Waals surface area contributed by atoms with Gasteiger partial charge in [-0.05, 0) is 42.3 Å². The number of anilines is 1. The molecule has 0 radical (unpaired) electrons. The molecule has 1 atom stereocenters. The highest BCUT2D eigenvalue weighted by atomic mass is 32.2. The standard InChI is InChI=1S/C19H22N6OS2/c1-14(28-19-21-22-23-25(19)16-10-6-3-7-11-16)17(26)24(18-20-12-13-27-18)15-8-4-2-5-9-15/h3,6-7,10-15H,2,4-5,8-9H2,1H3/t14-/m1/s1. The zero-order valence-corrected chi connectivity index (χ0v) is 17.3. The molecule has 1 fully saturated rings. The number of hydrogen-bond acceptors (Lipinski definition) is 7. The molecular formula is C19H22N6OS2. The van der Waals surface area contributed by atoms with Crippen molar-refractivity contribution in [2.24, 2.45) is 0 Å². The average molecular weight is 415 g/mol. The molecule has 7 nitrogen and oxygen atoms in total. The maximum absolute atomic E-state index is 13.4. The molecule has 2 aromatic heterocycles. The summed E-state index contributed by atoms with van der Waals surface area (Å²) in [6, 6.07) is 9.93. The molecular weight excluding hydrogens is 392 g/mol. The van der Waals surface area contributed by atoms with Gasteiger partial charge >= 0.3 is 0 Å². The molecule has 1 aromatic carbocycles. The largest absolute Gasteiger partial charge is 0.284 e. The molecule has 1 aliphatic carbocycles. The number of amides is 1. The smallest absolute Gasteiger partial charge is 0.242 e. The number of hydrogen-bond donors (Lipinski definition) is 0. The Hall–Kier alpha value is -2.26. The number of aromatic nitrogens is 5. The van der Waals surface area contributed by atoms with Gasteiger partial charge in [-0.3, -0.25) is 9.69 Å². The summed E-state index contributed by atoms with van der Waals surface area (Å²) in [5.74, 6) is 0.0643. The highest BCUT2D eigenvalue weighted by Gasteiger charge is 2.32. The molecule has 0 N–H and O–H groups in total. The Labute approximate surface area is 172 Å². The van der Waals surface area contributed by atoms with Crippen LogP contribution in [-0.4, -0.2) is 42.4 Å². The van der Waals surface area contributed by atoms with Gasteiger partial charge in [0.25, 0.3) is 0 Å². The highest BCUT2D eigenvalue weighted by Crippen LogP contribution is 2.32. The Morgan fingerprint density at radius 2 is 2.04 bits per heavy atom. The van der Waals surface area contributed by atoms with Crippen LogP contribution in [0.4, 0.5) is 5.13 Å². The van der Waals surface area contributed by atoms with Crippen molar-refractivity contribution in [3.63, 3.8) is 0 Å². The lowest BCUT2D eigenvalue weighted by Crippen LogP contribution is -2.45. The first kappa shape index (κ1) is 19.1. The third-order valence-corrected chi connectivity index (χ3v) is 6.67. The summed E-state index contributed by atoms with van der Waals surface area (Å²) in [5, 5.41) is 15.0. The lowest BCUT2D eigenvalue weighted by Gasteiger charge is -2.33. The summed E-state index contributed by atoms with van der Waals surface area (Å²) >= 11 is 2.90. The topological polar surface area (TPSA) is 76.8 Å². The third-order valence-electron chi connectivity index (χ3n) is 4.87. The maximum Gasteiger partial charge on any atom is 0.242 e. The molecule has 3 aromatic rings. The molecule has 0 aliphatic heterocycles. The van der Waals surface area contributed by atoms with Gasteiger partial charge in [0.15, 0.2) is 5.13 Å². The lowest BCUT2D eigenvalue weighted by molar-refractivity contribution is -0.118. The van der Waals surface area contributed by atoms with Crippen LogP contribution in [0.3, 0.4) is 0 Å². The van der Waals surface area contributed by atoms with E-state index in [2.05, 4.69) is 20.5 Å².